The zero-order chi connectivity index (χ0) is 15.5. The molecule has 1 saturated heterocycles. The van der Waals surface area contributed by atoms with Crippen LogP contribution in [0.4, 0.5) is 10.1 Å². The maximum absolute atomic E-state index is 13.2. The Balaban J connectivity index is 1.82. The summed E-state index contributed by atoms with van der Waals surface area (Å²) in [4.78, 5) is 16.6. The number of nitrogens with zero attached hydrogens (tertiary/aromatic N) is 1. The van der Waals surface area contributed by atoms with Crippen molar-refractivity contribution in [3.05, 3.63) is 64.8 Å². The lowest BCUT2D eigenvalue weighted by atomic mass is 10.2. The van der Waals surface area contributed by atoms with Gasteiger partial charge < -0.3 is 10.4 Å². The van der Waals surface area contributed by atoms with Crippen LogP contribution in [-0.2, 0) is 4.79 Å². The molecular formula is C16H11FN2O2S. The number of halogens is 1. The van der Waals surface area contributed by atoms with Crippen LogP contribution in [0.2, 0.25) is 0 Å². The molecule has 0 radical (unpaired) electrons. The van der Waals surface area contributed by atoms with Gasteiger partial charge in [0.2, 0.25) is 0 Å². The molecule has 4 nitrogen and oxygen atoms in total. The van der Waals surface area contributed by atoms with Gasteiger partial charge >= 0.3 is 0 Å². The van der Waals surface area contributed by atoms with E-state index in [0.29, 0.717) is 21.3 Å². The molecule has 1 aliphatic rings. The topological polar surface area (TPSA) is 61.7 Å². The number of nitrogens with one attached hydrogen (secondary N) is 1. The number of amides is 1. The SMILES string of the molecule is O=C1NC(=Nc2ccc(O)cc2)S/C1=C\c1cccc(F)c1. The van der Waals surface area contributed by atoms with Gasteiger partial charge in [0, 0.05) is 0 Å². The van der Waals surface area contributed by atoms with E-state index >= 15 is 0 Å². The fourth-order valence-corrected chi connectivity index (χ4v) is 2.71. The molecule has 0 bridgehead atoms. The number of rotatable bonds is 2. The molecule has 110 valence electrons. The molecule has 2 aromatic carbocycles. The average Bonchev–Trinajstić information content (AvgIpc) is 2.81. The fraction of sp³-hybridized carbons (Fsp3) is 0. The van der Waals surface area contributed by atoms with Crippen molar-refractivity contribution >= 4 is 34.6 Å². The summed E-state index contributed by atoms with van der Waals surface area (Å²) in [5, 5.41) is 12.3. The Labute approximate surface area is 130 Å². The van der Waals surface area contributed by atoms with Crippen LogP contribution in [0.15, 0.2) is 58.4 Å². The van der Waals surface area contributed by atoms with E-state index in [4.69, 9.17) is 0 Å². The Morgan fingerprint density at radius 3 is 2.68 bits per heavy atom. The number of phenols is 1. The van der Waals surface area contributed by atoms with E-state index < -0.39 is 0 Å². The zero-order valence-corrected chi connectivity index (χ0v) is 12.1. The first-order chi connectivity index (χ1) is 10.6. The zero-order valence-electron chi connectivity index (χ0n) is 11.3. The van der Waals surface area contributed by atoms with E-state index in [2.05, 4.69) is 10.3 Å². The fourth-order valence-electron chi connectivity index (χ4n) is 1.87. The van der Waals surface area contributed by atoms with Crippen molar-refractivity contribution in [3.63, 3.8) is 0 Å². The Morgan fingerprint density at radius 1 is 1.18 bits per heavy atom. The van der Waals surface area contributed by atoms with Crippen molar-refractivity contribution in [1.29, 1.82) is 0 Å². The van der Waals surface area contributed by atoms with Crippen molar-refractivity contribution in [3.8, 4) is 5.75 Å². The third-order valence-corrected chi connectivity index (χ3v) is 3.79. The van der Waals surface area contributed by atoms with Gasteiger partial charge in [-0.2, -0.15) is 0 Å². The minimum Gasteiger partial charge on any atom is -0.508 e. The molecule has 1 fully saturated rings. The number of thioether (sulfide) groups is 1. The summed E-state index contributed by atoms with van der Waals surface area (Å²) in [5.41, 5.74) is 1.23. The number of carbonyl (C=O) groups is 1. The lowest BCUT2D eigenvalue weighted by Gasteiger charge is -1.96. The van der Waals surface area contributed by atoms with E-state index in [1.54, 1.807) is 30.3 Å². The molecule has 1 amide bonds. The molecule has 0 unspecified atom stereocenters. The first-order valence-corrected chi connectivity index (χ1v) is 7.26. The number of carbonyl (C=O) groups excluding carboxylic acids is 1. The van der Waals surface area contributed by atoms with Gasteiger partial charge in [-0.15, -0.1) is 0 Å². The van der Waals surface area contributed by atoms with E-state index in [-0.39, 0.29) is 17.5 Å². The monoisotopic (exact) mass is 314 g/mol. The summed E-state index contributed by atoms with van der Waals surface area (Å²) in [6.45, 7) is 0. The smallest absolute Gasteiger partial charge is 0.264 e. The largest absolute Gasteiger partial charge is 0.508 e. The summed E-state index contributed by atoms with van der Waals surface area (Å²) in [7, 11) is 0. The Hall–Kier alpha value is -2.60. The molecule has 0 spiro atoms. The third kappa shape index (κ3) is 3.35. The second-order valence-corrected chi connectivity index (χ2v) is 5.58. The molecule has 22 heavy (non-hydrogen) atoms. The Bertz CT molecular complexity index is 785. The normalized spacial score (nSPS) is 18.0. The molecule has 2 aromatic rings. The minimum atomic E-state index is -0.351. The highest BCUT2D eigenvalue weighted by atomic mass is 32.2. The van der Waals surface area contributed by atoms with E-state index in [0.717, 1.165) is 0 Å². The molecule has 6 heteroatoms. The van der Waals surface area contributed by atoms with Crippen LogP contribution in [-0.4, -0.2) is 16.2 Å². The molecule has 2 N–H and O–H groups in total. The number of aromatic hydroxyl groups is 1. The van der Waals surface area contributed by atoms with Gasteiger partial charge in [-0.1, -0.05) is 12.1 Å². The van der Waals surface area contributed by atoms with Crippen LogP contribution in [0, 0.1) is 5.82 Å². The number of phenolic OH excluding ortho intramolecular Hbond substituents is 1. The maximum Gasteiger partial charge on any atom is 0.264 e. The van der Waals surface area contributed by atoms with Gasteiger partial charge in [-0.05, 0) is 59.8 Å². The second-order valence-electron chi connectivity index (χ2n) is 4.55. The average molecular weight is 314 g/mol. The van der Waals surface area contributed by atoms with E-state index in [1.165, 1.54) is 36.0 Å². The van der Waals surface area contributed by atoms with E-state index in [1.807, 2.05) is 0 Å². The molecular weight excluding hydrogens is 303 g/mol. The first-order valence-electron chi connectivity index (χ1n) is 6.44. The highest BCUT2D eigenvalue weighted by molar-refractivity contribution is 8.18. The summed E-state index contributed by atoms with van der Waals surface area (Å²) in [6, 6.07) is 12.3. The van der Waals surface area contributed by atoms with Crippen molar-refractivity contribution in [2.24, 2.45) is 4.99 Å². The predicted molar refractivity (Wildman–Crippen MR) is 85.3 cm³/mol. The van der Waals surface area contributed by atoms with Gasteiger partial charge in [0.05, 0.1) is 10.6 Å². The number of hydrogen-bond donors (Lipinski definition) is 2. The molecule has 1 heterocycles. The van der Waals surface area contributed by atoms with Crippen LogP contribution in [0.3, 0.4) is 0 Å². The second kappa shape index (κ2) is 6.03. The maximum atomic E-state index is 13.2. The molecule has 3 rings (SSSR count). The summed E-state index contributed by atoms with van der Waals surface area (Å²) in [5.74, 6) is -0.471. The van der Waals surface area contributed by atoms with Crippen LogP contribution >= 0.6 is 11.8 Å². The molecule has 0 saturated carbocycles. The van der Waals surface area contributed by atoms with Crippen LogP contribution < -0.4 is 5.32 Å². The lowest BCUT2D eigenvalue weighted by molar-refractivity contribution is -0.115. The quantitative estimate of drug-likeness (QED) is 0.835. The summed E-state index contributed by atoms with van der Waals surface area (Å²) in [6.07, 6.45) is 1.61. The standard InChI is InChI=1S/C16H11FN2O2S/c17-11-3-1-2-10(8-11)9-14-15(21)19-16(22-14)18-12-4-6-13(20)7-5-12/h1-9,20H,(H,18,19,21)/b14-9-. The number of amidine groups is 1. The van der Waals surface area contributed by atoms with Crippen molar-refractivity contribution in [2.75, 3.05) is 0 Å². The van der Waals surface area contributed by atoms with Gasteiger partial charge in [-0.3, -0.25) is 4.79 Å². The van der Waals surface area contributed by atoms with Gasteiger partial charge in [-0.25, -0.2) is 9.38 Å². The van der Waals surface area contributed by atoms with Crippen LogP contribution in [0.25, 0.3) is 6.08 Å². The van der Waals surface area contributed by atoms with Crippen molar-refractivity contribution < 1.29 is 14.3 Å². The Kier molecular flexibility index (Phi) is 3.93. The lowest BCUT2D eigenvalue weighted by Crippen LogP contribution is -2.19. The van der Waals surface area contributed by atoms with E-state index in [9.17, 15) is 14.3 Å². The van der Waals surface area contributed by atoms with Gasteiger partial charge in [0.15, 0.2) is 5.17 Å². The van der Waals surface area contributed by atoms with Gasteiger partial charge in [0.1, 0.15) is 11.6 Å². The molecule has 0 aromatic heterocycles. The molecule has 0 aliphatic carbocycles. The third-order valence-electron chi connectivity index (χ3n) is 2.88. The highest BCUT2D eigenvalue weighted by Gasteiger charge is 2.23. The van der Waals surface area contributed by atoms with Crippen LogP contribution in [0.5, 0.6) is 5.75 Å². The Morgan fingerprint density at radius 2 is 1.95 bits per heavy atom. The molecule has 1 aliphatic heterocycles. The first kappa shape index (κ1) is 14.3. The molecule has 0 atom stereocenters. The van der Waals surface area contributed by atoms with Crippen LogP contribution in [0.1, 0.15) is 5.56 Å². The van der Waals surface area contributed by atoms with Crippen molar-refractivity contribution in [1.82, 2.24) is 5.32 Å². The summed E-state index contributed by atoms with van der Waals surface area (Å²) >= 11 is 1.18. The summed E-state index contributed by atoms with van der Waals surface area (Å²) < 4.78 is 13.2. The number of benzene rings is 2. The van der Waals surface area contributed by atoms with Gasteiger partial charge in [0.25, 0.3) is 5.91 Å². The number of aliphatic imine (C=N–C) groups is 1. The number of hydrogen-bond acceptors (Lipinski definition) is 4. The minimum absolute atomic E-state index is 0.152. The highest BCUT2D eigenvalue weighted by Crippen LogP contribution is 2.28. The predicted octanol–water partition coefficient (Wildman–Crippen LogP) is 3.42. The van der Waals surface area contributed by atoms with Crippen molar-refractivity contribution in [2.45, 2.75) is 0 Å².